The molecule has 0 amide bonds. The summed E-state index contributed by atoms with van der Waals surface area (Å²) in [6.45, 7) is 0.244. The van der Waals surface area contributed by atoms with Crippen LogP contribution in [0.2, 0.25) is 0 Å². The fraction of sp³-hybridized carbons (Fsp3) is 1.00. The smallest absolute Gasteiger partial charge is 0.0436 e. The molecule has 1 fully saturated rings. The van der Waals surface area contributed by atoms with E-state index < -0.39 is 5.41 Å². The maximum atomic E-state index is 10.4. The number of hydrogen-bond donors (Lipinski definition) is 5. The second-order valence-electron chi connectivity index (χ2n) is 14.9. The molecule has 0 spiro atoms. The minimum Gasteiger partial charge on any atom is -0.396 e. The van der Waals surface area contributed by atoms with Crippen molar-refractivity contribution in [3.05, 3.63) is 0 Å². The van der Waals surface area contributed by atoms with Gasteiger partial charge in [0.05, 0.1) is 0 Å². The second kappa shape index (κ2) is 29.9. The maximum Gasteiger partial charge on any atom is 0.0436 e. The minimum absolute atomic E-state index is 0.0283. The van der Waals surface area contributed by atoms with E-state index in [-0.39, 0.29) is 44.4 Å². The van der Waals surface area contributed by atoms with Crippen LogP contribution >= 0.6 is 0 Å². The van der Waals surface area contributed by atoms with Crippen molar-refractivity contribution in [1.29, 1.82) is 0 Å². The summed E-state index contributed by atoms with van der Waals surface area (Å²) in [5.74, 6) is 0.153. The molecule has 1 rings (SSSR count). The zero-order valence-electron chi connectivity index (χ0n) is 30.0. The molecule has 1 atom stereocenters. The average molecular weight is 641 g/mol. The lowest BCUT2D eigenvalue weighted by Gasteiger charge is -2.56. The zero-order valence-corrected chi connectivity index (χ0v) is 30.0. The first-order chi connectivity index (χ1) is 22.2. The van der Waals surface area contributed by atoms with Gasteiger partial charge >= 0.3 is 0 Å². The highest BCUT2D eigenvalue weighted by Crippen LogP contribution is 2.59. The standard InChI is InChI=1S/C40H80O5/c41-33-27-38-26-24-22-20-18-16-14-12-10-8-6-4-2-1-3-5-7-9-11-13-15-17-19-21-23-25-28-39(29-34-42,30-35-43)40(38,31-36-44)32-37-45/h38,41-45H,1-37H2. The summed E-state index contributed by atoms with van der Waals surface area (Å²) in [5, 5.41) is 51.7. The van der Waals surface area contributed by atoms with Crippen molar-refractivity contribution in [2.24, 2.45) is 16.7 Å². The van der Waals surface area contributed by atoms with E-state index in [0.717, 1.165) is 32.1 Å². The number of rotatable bonds is 10. The van der Waals surface area contributed by atoms with E-state index in [9.17, 15) is 25.5 Å². The molecule has 5 nitrogen and oxygen atoms in total. The van der Waals surface area contributed by atoms with E-state index in [2.05, 4.69) is 0 Å². The third kappa shape index (κ3) is 18.2. The zero-order chi connectivity index (χ0) is 32.7. The Morgan fingerprint density at radius 1 is 0.333 bits per heavy atom. The maximum absolute atomic E-state index is 10.4. The van der Waals surface area contributed by atoms with E-state index in [4.69, 9.17) is 0 Å². The van der Waals surface area contributed by atoms with Gasteiger partial charge in [0.15, 0.2) is 0 Å². The molecule has 1 unspecified atom stereocenters. The summed E-state index contributed by atoms with van der Waals surface area (Å²) in [6.07, 6.45) is 38.0. The summed E-state index contributed by atoms with van der Waals surface area (Å²) >= 11 is 0. The molecule has 5 heteroatoms. The van der Waals surface area contributed by atoms with Crippen molar-refractivity contribution in [3.63, 3.8) is 0 Å². The van der Waals surface area contributed by atoms with Crippen molar-refractivity contribution in [1.82, 2.24) is 0 Å². The molecule has 0 saturated heterocycles. The van der Waals surface area contributed by atoms with Crippen LogP contribution in [0.15, 0.2) is 0 Å². The van der Waals surface area contributed by atoms with Gasteiger partial charge < -0.3 is 25.5 Å². The van der Waals surface area contributed by atoms with Gasteiger partial charge in [-0.3, -0.25) is 0 Å². The first-order valence-electron chi connectivity index (χ1n) is 20.2. The Morgan fingerprint density at radius 2 is 0.622 bits per heavy atom. The highest BCUT2D eigenvalue weighted by molar-refractivity contribution is 5.01. The van der Waals surface area contributed by atoms with Crippen LogP contribution < -0.4 is 0 Å². The lowest BCUT2D eigenvalue weighted by Crippen LogP contribution is -2.50. The van der Waals surface area contributed by atoms with E-state index in [1.807, 2.05) is 0 Å². The van der Waals surface area contributed by atoms with Gasteiger partial charge in [-0.1, -0.05) is 161 Å². The van der Waals surface area contributed by atoms with Crippen molar-refractivity contribution < 1.29 is 25.5 Å². The largest absolute Gasteiger partial charge is 0.396 e. The Morgan fingerprint density at radius 3 is 0.911 bits per heavy atom. The molecule has 1 aliphatic rings. The van der Waals surface area contributed by atoms with Crippen LogP contribution in [0.3, 0.4) is 0 Å². The monoisotopic (exact) mass is 641 g/mol. The minimum atomic E-state index is -0.412. The van der Waals surface area contributed by atoms with Gasteiger partial charge in [0.25, 0.3) is 0 Å². The van der Waals surface area contributed by atoms with Crippen molar-refractivity contribution in [2.45, 2.75) is 205 Å². The van der Waals surface area contributed by atoms with E-state index in [1.165, 1.54) is 141 Å². The first kappa shape index (κ1) is 42.8. The molecule has 0 aromatic carbocycles. The fourth-order valence-electron chi connectivity index (χ4n) is 9.22. The summed E-state index contributed by atoms with van der Waals surface area (Å²) in [4.78, 5) is 0. The van der Waals surface area contributed by atoms with Gasteiger partial charge in [-0.2, -0.15) is 0 Å². The van der Waals surface area contributed by atoms with Crippen molar-refractivity contribution >= 4 is 0 Å². The third-order valence-electron chi connectivity index (χ3n) is 11.8. The van der Waals surface area contributed by atoms with Gasteiger partial charge in [-0.05, 0) is 61.7 Å². The molecule has 0 heterocycles. The number of hydrogen-bond acceptors (Lipinski definition) is 5. The van der Waals surface area contributed by atoms with Crippen molar-refractivity contribution in [3.8, 4) is 0 Å². The van der Waals surface area contributed by atoms with Crippen LogP contribution in [0.25, 0.3) is 0 Å². The normalized spacial score (nSPS) is 24.1. The Bertz CT molecular complexity index is 599. The van der Waals surface area contributed by atoms with E-state index >= 15 is 0 Å². The third-order valence-corrected chi connectivity index (χ3v) is 11.8. The second-order valence-corrected chi connectivity index (χ2v) is 14.9. The molecule has 0 aromatic rings. The van der Waals surface area contributed by atoms with Crippen molar-refractivity contribution in [2.75, 3.05) is 33.0 Å². The highest BCUT2D eigenvalue weighted by atomic mass is 16.3. The summed E-state index contributed by atoms with van der Waals surface area (Å²) < 4.78 is 0. The Hall–Kier alpha value is -0.200. The topological polar surface area (TPSA) is 101 Å². The van der Waals surface area contributed by atoms with Gasteiger partial charge in [0, 0.05) is 33.0 Å². The fourth-order valence-corrected chi connectivity index (χ4v) is 9.22. The number of aliphatic hydroxyl groups excluding tert-OH is 5. The quantitative estimate of drug-likeness (QED) is 0.164. The summed E-state index contributed by atoms with van der Waals surface area (Å²) in [5.41, 5.74) is -0.770. The Labute approximate surface area is 280 Å². The molecular weight excluding hydrogens is 560 g/mol. The van der Waals surface area contributed by atoms with E-state index in [1.54, 1.807) is 0 Å². The first-order valence-corrected chi connectivity index (χ1v) is 20.2. The molecule has 1 aliphatic carbocycles. The summed E-state index contributed by atoms with van der Waals surface area (Å²) in [6, 6.07) is 0. The lowest BCUT2D eigenvalue weighted by molar-refractivity contribution is -0.100. The van der Waals surface area contributed by atoms with Crippen LogP contribution in [0, 0.1) is 16.7 Å². The molecule has 0 aromatic heterocycles. The molecule has 0 bridgehead atoms. The summed E-state index contributed by atoms with van der Waals surface area (Å²) in [7, 11) is 0. The molecule has 5 N–H and O–H groups in total. The van der Waals surface area contributed by atoms with Crippen LogP contribution in [0.1, 0.15) is 205 Å². The predicted octanol–water partition coefficient (Wildman–Crippen LogP) is 10.0. The van der Waals surface area contributed by atoms with Crippen LogP contribution in [0.4, 0.5) is 0 Å². The average Bonchev–Trinajstić information content (AvgIpc) is 3.03. The molecular formula is C40H80O5. The van der Waals surface area contributed by atoms with Gasteiger partial charge in [0.2, 0.25) is 0 Å². The predicted molar refractivity (Wildman–Crippen MR) is 192 cm³/mol. The number of aliphatic hydroxyl groups is 5. The molecule has 1 saturated carbocycles. The Kier molecular flexibility index (Phi) is 28.5. The SMILES string of the molecule is OCCC1CCCCCCCCCCCCCCCCCCCCCCCCCCCC(CCO)(CCO)C1(CCO)CCO. The van der Waals surface area contributed by atoms with E-state index in [0.29, 0.717) is 32.1 Å². The molecule has 270 valence electrons. The van der Waals surface area contributed by atoms with Crippen LogP contribution in [0.5, 0.6) is 0 Å². The highest BCUT2D eigenvalue weighted by Gasteiger charge is 2.52. The van der Waals surface area contributed by atoms with Gasteiger partial charge in [0.1, 0.15) is 0 Å². The molecule has 45 heavy (non-hydrogen) atoms. The van der Waals surface area contributed by atoms with Crippen LogP contribution in [-0.2, 0) is 0 Å². The molecule has 0 aliphatic heterocycles. The molecule has 0 radical (unpaired) electrons. The van der Waals surface area contributed by atoms with Crippen LogP contribution in [-0.4, -0.2) is 58.6 Å². The lowest BCUT2D eigenvalue weighted by atomic mass is 9.49. The van der Waals surface area contributed by atoms with Gasteiger partial charge in [-0.15, -0.1) is 0 Å². The Balaban J connectivity index is 2.94. The van der Waals surface area contributed by atoms with Gasteiger partial charge in [-0.25, -0.2) is 0 Å².